The van der Waals surface area contributed by atoms with Crippen molar-refractivity contribution >= 4 is 46.3 Å². The number of anilines is 5. The maximum absolute atomic E-state index is 12.1. The fourth-order valence-corrected chi connectivity index (χ4v) is 3.39. The van der Waals surface area contributed by atoms with E-state index >= 15 is 0 Å². The molecule has 0 spiro atoms. The molecule has 0 saturated carbocycles. The Labute approximate surface area is 185 Å². The lowest BCUT2D eigenvalue weighted by Gasteiger charge is -2.29. The van der Waals surface area contributed by atoms with Crippen molar-refractivity contribution in [3.8, 4) is 0 Å². The highest BCUT2D eigenvalue weighted by Crippen LogP contribution is 2.26. The number of nitrogens with one attached hydrogen (secondary N) is 4. The Morgan fingerprint density at radius 3 is 2.61 bits per heavy atom. The number of amides is 1. The zero-order valence-corrected chi connectivity index (χ0v) is 17.8. The summed E-state index contributed by atoms with van der Waals surface area (Å²) in [6, 6.07) is 11.6. The third kappa shape index (κ3) is 5.01. The fourth-order valence-electron chi connectivity index (χ4n) is 3.26. The summed E-state index contributed by atoms with van der Waals surface area (Å²) in [4.78, 5) is 27.2. The Bertz CT molecular complexity index is 1050. The molecule has 3 aromatic rings. The van der Waals surface area contributed by atoms with Gasteiger partial charge in [-0.15, -0.1) is 0 Å². The average Bonchev–Trinajstić information content (AvgIpc) is 2.82. The molecular formula is C21H23ClN8O. The Balaban J connectivity index is 1.50. The average molecular weight is 439 g/mol. The van der Waals surface area contributed by atoms with Crippen molar-refractivity contribution in [3.05, 3.63) is 59.5 Å². The number of carbonyl (C=O) groups is 1. The number of pyridine rings is 1. The third-order valence-electron chi connectivity index (χ3n) is 4.85. The lowest BCUT2D eigenvalue weighted by Crippen LogP contribution is -2.43. The lowest BCUT2D eigenvalue weighted by atomic mass is 10.2. The van der Waals surface area contributed by atoms with Gasteiger partial charge in [0, 0.05) is 50.8 Å². The topological polar surface area (TPSA) is 107 Å². The van der Waals surface area contributed by atoms with Crippen molar-refractivity contribution in [1.82, 2.24) is 25.6 Å². The lowest BCUT2D eigenvalue weighted by molar-refractivity contribution is 0.0959. The molecule has 0 atom stereocenters. The van der Waals surface area contributed by atoms with Gasteiger partial charge >= 0.3 is 0 Å². The Morgan fingerprint density at radius 1 is 1.10 bits per heavy atom. The monoisotopic (exact) mass is 438 g/mol. The van der Waals surface area contributed by atoms with E-state index in [9.17, 15) is 4.79 Å². The van der Waals surface area contributed by atoms with Gasteiger partial charge < -0.3 is 26.2 Å². The smallest absolute Gasteiger partial charge is 0.271 e. The molecular weight excluding hydrogens is 416 g/mol. The Kier molecular flexibility index (Phi) is 6.44. The van der Waals surface area contributed by atoms with E-state index in [1.165, 1.54) is 11.9 Å². The molecule has 3 heterocycles. The minimum absolute atomic E-state index is 0.248. The van der Waals surface area contributed by atoms with E-state index in [1.807, 2.05) is 12.1 Å². The summed E-state index contributed by atoms with van der Waals surface area (Å²) < 4.78 is 0. The molecule has 1 aliphatic rings. The zero-order chi connectivity index (χ0) is 21.6. The first-order valence-electron chi connectivity index (χ1n) is 9.93. The molecule has 4 N–H and O–H groups in total. The van der Waals surface area contributed by atoms with Gasteiger partial charge in [0.2, 0.25) is 5.95 Å². The highest BCUT2D eigenvalue weighted by atomic mass is 35.5. The molecule has 160 valence electrons. The van der Waals surface area contributed by atoms with Crippen molar-refractivity contribution in [2.24, 2.45) is 0 Å². The summed E-state index contributed by atoms with van der Waals surface area (Å²) in [5.41, 5.74) is 2.79. The van der Waals surface area contributed by atoms with Crippen LogP contribution in [0.5, 0.6) is 0 Å². The van der Waals surface area contributed by atoms with Crippen LogP contribution in [0, 0.1) is 0 Å². The van der Waals surface area contributed by atoms with Crippen molar-refractivity contribution < 1.29 is 4.79 Å². The van der Waals surface area contributed by atoms with Gasteiger partial charge in [0.25, 0.3) is 5.91 Å². The number of hydrogen-bond acceptors (Lipinski definition) is 8. The number of nitrogens with zero attached hydrogens (tertiary/aromatic N) is 4. The maximum atomic E-state index is 12.1. The van der Waals surface area contributed by atoms with E-state index in [-0.39, 0.29) is 11.6 Å². The number of halogens is 1. The van der Waals surface area contributed by atoms with Crippen LogP contribution in [0.25, 0.3) is 0 Å². The van der Waals surface area contributed by atoms with E-state index < -0.39 is 0 Å². The van der Waals surface area contributed by atoms with Gasteiger partial charge in [-0.1, -0.05) is 11.6 Å². The van der Waals surface area contributed by atoms with Crippen molar-refractivity contribution in [3.63, 3.8) is 0 Å². The van der Waals surface area contributed by atoms with Gasteiger partial charge in [0.1, 0.15) is 5.02 Å². The van der Waals surface area contributed by atoms with E-state index in [2.05, 4.69) is 53.3 Å². The maximum Gasteiger partial charge on any atom is 0.271 e. The molecule has 1 amide bonds. The van der Waals surface area contributed by atoms with Gasteiger partial charge in [-0.3, -0.25) is 4.79 Å². The van der Waals surface area contributed by atoms with E-state index in [0.717, 1.165) is 31.9 Å². The molecule has 0 radical (unpaired) electrons. The molecule has 0 aliphatic carbocycles. The number of rotatable bonds is 6. The summed E-state index contributed by atoms with van der Waals surface area (Å²) >= 11 is 6.27. The van der Waals surface area contributed by atoms with Crippen molar-refractivity contribution in [1.29, 1.82) is 0 Å². The number of carbonyl (C=O) groups excluding carboxylic acids is 1. The molecule has 31 heavy (non-hydrogen) atoms. The number of hydrogen-bond donors (Lipinski definition) is 4. The van der Waals surface area contributed by atoms with Crippen LogP contribution in [-0.4, -0.2) is 54.1 Å². The minimum Gasteiger partial charge on any atom is -0.369 e. The molecule has 9 nitrogen and oxygen atoms in total. The van der Waals surface area contributed by atoms with Crippen LogP contribution in [0.4, 0.5) is 28.8 Å². The molecule has 0 bridgehead atoms. The largest absolute Gasteiger partial charge is 0.369 e. The minimum atomic E-state index is -0.309. The second-order valence-electron chi connectivity index (χ2n) is 6.90. The predicted octanol–water partition coefficient (Wildman–Crippen LogP) is 2.78. The van der Waals surface area contributed by atoms with Gasteiger partial charge in [0.15, 0.2) is 11.5 Å². The normalized spacial score (nSPS) is 13.5. The van der Waals surface area contributed by atoms with E-state index in [0.29, 0.717) is 22.5 Å². The molecule has 10 heteroatoms. The molecule has 2 aromatic heterocycles. The van der Waals surface area contributed by atoms with Crippen LogP contribution in [-0.2, 0) is 0 Å². The van der Waals surface area contributed by atoms with Crippen LogP contribution in [0.2, 0.25) is 5.02 Å². The SMILES string of the molecule is CNC(=O)c1ncccc1Nc1nc(Nc2ccc(N3CCNCC3)cc2)ncc1Cl. The summed E-state index contributed by atoms with van der Waals surface area (Å²) in [6.45, 7) is 3.98. The van der Waals surface area contributed by atoms with Crippen LogP contribution in [0.1, 0.15) is 10.5 Å². The summed E-state index contributed by atoms with van der Waals surface area (Å²) in [7, 11) is 1.55. The summed E-state index contributed by atoms with van der Waals surface area (Å²) in [5.74, 6) is 0.443. The van der Waals surface area contributed by atoms with E-state index in [1.54, 1.807) is 25.4 Å². The molecule has 1 aromatic carbocycles. The predicted molar refractivity (Wildman–Crippen MR) is 123 cm³/mol. The second-order valence-corrected chi connectivity index (χ2v) is 7.31. The Morgan fingerprint density at radius 2 is 1.87 bits per heavy atom. The van der Waals surface area contributed by atoms with Crippen LogP contribution < -0.4 is 26.2 Å². The van der Waals surface area contributed by atoms with Gasteiger partial charge in [-0.25, -0.2) is 9.97 Å². The molecule has 1 saturated heterocycles. The molecule has 1 aliphatic heterocycles. The Hall–Kier alpha value is -3.43. The zero-order valence-electron chi connectivity index (χ0n) is 17.0. The summed E-state index contributed by atoms with van der Waals surface area (Å²) in [6.07, 6.45) is 3.05. The number of benzene rings is 1. The van der Waals surface area contributed by atoms with Crippen molar-refractivity contribution in [2.45, 2.75) is 0 Å². The molecule has 1 fully saturated rings. The molecule has 4 rings (SSSR count). The molecule has 0 unspecified atom stereocenters. The van der Waals surface area contributed by atoms with Crippen LogP contribution in [0.3, 0.4) is 0 Å². The van der Waals surface area contributed by atoms with Gasteiger partial charge in [0.05, 0.1) is 11.9 Å². The first-order chi connectivity index (χ1) is 15.1. The van der Waals surface area contributed by atoms with Crippen molar-refractivity contribution in [2.75, 3.05) is 48.8 Å². The highest BCUT2D eigenvalue weighted by Gasteiger charge is 2.14. The quantitative estimate of drug-likeness (QED) is 0.465. The fraction of sp³-hybridized carbons (Fsp3) is 0.238. The third-order valence-corrected chi connectivity index (χ3v) is 5.13. The summed E-state index contributed by atoms with van der Waals surface area (Å²) in [5, 5.41) is 12.5. The van der Waals surface area contributed by atoms with Gasteiger partial charge in [-0.2, -0.15) is 4.98 Å². The number of piperazine rings is 1. The first kappa shape index (κ1) is 20.8. The van der Waals surface area contributed by atoms with Crippen LogP contribution in [0.15, 0.2) is 48.8 Å². The van der Waals surface area contributed by atoms with E-state index in [4.69, 9.17) is 11.6 Å². The van der Waals surface area contributed by atoms with Crippen LogP contribution >= 0.6 is 11.6 Å². The highest BCUT2D eigenvalue weighted by molar-refractivity contribution is 6.33. The number of aromatic nitrogens is 3. The van der Waals surface area contributed by atoms with Gasteiger partial charge in [-0.05, 0) is 36.4 Å². The second kappa shape index (κ2) is 9.59. The first-order valence-corrected chi connectivity index (χ1v) is 10.3. The standard InChI is InChI=1S/C21H23ClN8O/c1-23-20(31)18-17(3-2-8-25-18)28-19-16(22)13-26-21(29-19)27-14-4-6-15(7-5-14)30-11-9-24-10-12-30/h2-8,13,24H,9-12H2,1H3,(H,23,31)(H2,26,27,28,29).